The van der Waals surface area contributed by atoms with Crippen molar-refractivity contribution in [1.29, 1.82) is 0 Å². The summed E-state index contributed by atoms with van der Waals surface area (Å²) in [6.07, 6.45) is 2.88. The van der Waals surface area contributed by atoms with Crippen LogP contribution in [-0.4, -0.2) is 40.6 Å². The van der Waals surface area contributed by atoms with Crippen LogP contribution in [0.2, 0.25) is 0 Å². The van der Waals surface area contributed by atoms with Crippen LogP contribution in [0.5, 0.6) is 0 Å². The monoisotopic (exact) mass is 427 g/mol. The van der Waals surface area contributed by atoms with E-state index < -0.39 is 0 Å². The molecule has 0 radical (unpaired) electrons. The lowest BCUT2D eigenvalue weighted by molar-refractivity contribution is -0.116. The number of hydrogen-bond acceptors (Lipinski definition) is 3. The number of aromatic nitrogens is 1. The molecule has 2 amide bonds. The number of carbonyl (C=O) groups excluding carboxylic acids is 3. The molecule has 1 aromatic carbocycles. The number of rotatable bonds is 6. The van der Waals surface area contributed by atoms with Gasteiger partial charge in [-0.15, -0.1) is 0 Å². The van der Waals surface area contributed by atoms with Crippen LogP contribution in [0.4, 0.5) is 10.1 Å². The van der Waals surface area contributed by atoms with Crippen LogP contribution in [0.15, 0.2) is 18.2 Å². The minimum absolute atomic E-state index is 0.0603. The summed E-state index contributed by atoms with van der Waals surface area (Å²) in [5, 5.41) is 2.84. The first-order valence-electron chi connectivity index (χ1n) is 10.7. The Hall–Kier alpha value is -2.96. The number of aromatic amines is 1. The molecular formula is C24H30FN3O3. The molecule has 2 heterocycles. The molecule has 1 atom stereocenters. The molecule has 166 valence electrons. The third-order valence-corrected chi connectivity index (χ3v) is 6.05. The van der Waals surface area contributed by atoms with Gasteiger partial charge in [-0.25, -0.2) is 4.39 Å². The lowest BCUT2D eigenvalue weighted by atomic mass is 9.92. The van der Waals surface area contributed by atoms with E-state index in [1.165, 1.54) is 19.1 Å². The van der Waals surface area contributed by atoms with Gasteiger partial charge < -0.3 is 15.2 Å². The van der Waals surface area contributed by atoms with Crippen LogP contribution < -0.4 is 5.32 Å². The maximum Gasteiger partial charge on any atom is 0.255 e. The smallest absolute Gasteiger partial charge is 0.255 e. The number of ketones is 1. The number of benzene rings is 1. The number of H-pyrrole nitrogens is 1. The van der Waals surface area contributed by atoms with Gasteiger partial charge in [0, 0.05) is 37.8 Å². The van der Waals surface area contributed by atoms with Crippen LogP contribution in [0.25, 0.3) is 0 Å². The summed E-state index contributed by atoms with van der Waals surface area (Å²) in [6.45, 7) is 8.14. The highest BCUT2D eigenvalue weighted by atomic mass is 19.1. The van der Waals surface area contributed by atoms with E-state index in [4.69, 9.17) is 0 Å². The van der Waals surface area contributed by atoms with E-state index in [0.29, 0.717) is 59.7 Å². The molecule has 0 aliphatic carbocycles. The number of Topliss-reactive ketones (excluding diaryl/α,β-unsaturated/α-hetero) is 1. The highest BCUT2D eigenvalue weighted by Gasteiger charge is 2.28. The average Bonchev–Trinajstić information content (AvgIpc) is 3.02. The van der Waals surface area contributed by atoms with Gasteiger partial charge in [0.25, 0.3) is 5.91 Å². The minimum atomic E-state index is -0.328. The number of amides is 2. The van der Waals surface area contributed by atoms with Gasteiger partial charge in [0.1, 0.15) is 5.82 Å². The van der Waals surface area contributed by atoms with Gasteiger partial charge in [-0.2, -0.15) is 0 Å². The van der Waals surface area contributed by atoms with Crippen LogP contribution in [0.3, 0.4) is 0 Å². The third kappa shape index (κ3) is 5.21. The van der Waals surface area contributed by atoms with Crippen molar-refractivity contribution in [2.45, 2.75) is 53.4 Å². The van der Waals surface area contributed by atoms with Crippen molar-refractivity contribution < 1.29 is 18.8 Å². The van der Waals surface area contributed by atoms with Gasteiger partial charge in [-0.05, 0) is 75.3 Å². The number of nitrogens with zero attached hydrogens (tertiary/aromatic N) is 1. The van der Waals surface area contributed by atoms with Gasteiger partial charge in [0.15, 0.2) is 5.78 Å². The molecule has 1 fully saturated rings. The van der Waals surface area contributed by atoms with Crippen molar-refractivity contribution in [3.8, 4) is 0 Å². The van der Waals surface area contributed by atoms with E-state index in [1.54, 1.807) is 19.9 Å². The number of halogens is 1. The molecule has 0 spiro atoms. The first kappa shape index (κ1) is 22.7. The van der Waals surface area contributed by atoms with Crippen molar-refractivity contribution in [2.75, 3.05) is 18.4 Å². The quantitative estimate of drug-likeness (QED) is 0.664. The molecule has 0 saturated carbocycles. The van der Waals surface area contributed by atoms with Crippen LogP contribution in [-0.2, 0) is 4.79 Å². The Morgan fingerprint density at radius 2 is 1.97 bits per heavy atom. The van der Waals surface area contributed by atoms with Gasteiger partial charge in [-0.1, -0.05) is 0 Å². The topological polar surface area (TPSA) is 82.3 Å². The van der Waals surface area contributed by atoms with Crippen LogP contribution in [0, 0.1) is 32.5 Å². The van der Waals surface area contributed by atoms with Crippen molar-refractivity contribution >= 4 is 23.3 Å². The maximum atomic E-state index is 13.2. The van der Waals surface area contributed by atoms with Crippen molar-refractivity contribution in [3.05, 3.63) is 52.1 Å². The first-order chi connectivity index (χ1) is 14.7. The Balaban J connectivity index is 1.59. The van der Waals surface area contributed by atoms with Crippen molar-refractivity contribution in [2.24, 2.45) is 5.92 Å². The summed E-state index contributed by atoms with van der Waals surface area (Å²) in [7, 11) is 0. The standard InChI is InChI=1S/C24H30FN3O3/c1-14-12-19(25)8-9-20(14)27-21(30)10-7-18-6-5-11-28(13-18)24(31)22-15(2)23(17(4)29)26-16(22)3/h8-9,12,18,26H,5-7,10-11,13H2,1-4H3,(H,27,30). The number of likely N-dealkylation sites (tertiary alicyclic amines) is 1. The highest BCUT2D eigenvalue weighted by molar-refractivity contribution is 6.02. The van der Waals surface area contributed by atoms with Crippen LogP contribution >= 0.6 is 0 Å². The molecule has 1 unspecified atom stereocenters. The molecular weight excluding hydrogens is 397 g/mol. The zero-order chi connectivity index (χ0) is 22.7. The predicted molar refractivity (Wildman–Crippen MR) is 118 cm³/mol. The molecule has 2 N–H and O–H groups in total. The summed E-state index contributed by atoms with van der Waals surface area (Å²) in [5.41, 5.74) is 3.78. The Morgan fingerprint density at radius 3 is 2.61 bits per heavy atom. The molecule has 1 aromatic heterocycles. The second-order valence-corrected chi connectivity index (χ2v) is 8.49. The number of carbonyl (C=O) groups is 3. The molecule has 1 aliphatic rings. The number of aryl methyl sites for hydroxylation is 2. The van der Waals surface area contributed by atoms with Gasteiger partial charge in [0.05, 0.1) is 11.3 Å². The number of nitrogens with one attached hydrogen (secondary N) is 2. The van der Waals surface area contributed by atoms with E-state index in [1.807, 2.05) is 11.8 Å². The van der Waals surface area contributed by atoms with E-state index in [0.717, 1.165) is 12.8 Å². The summed E-state index contributed by atoms with van der Waals surface area (Å²) < 4.78 is 13.2. The van der Waals surface area contributed by atoms with Gasteiger partial charge in [-0.3, -0.25) is 14.4 Å². The lowest BCUT2D eigenvalue weighted by Crippen LogP contribution is -2.40. The highest BCUT2D eigenvalue weighted by Crippen LogP contribution is 2.26. The van der Waals surface area contributed by atoms with E-state index >= 15 is 0 Å². The Bertz CT molecular complexity index is 1010. The molecule has 1 aliphatic heterocycles. The third-order valence-electron chi connectivity index (χ3n) is 6.05. The van der Waals surface area contributed by atoms with Crippen molar-refractivity contribution in [3.63, 3.8) is 0 Å². The minimum Gasteiger partial charge on any atom is -0.355 e. The lowest BCUT2D eigenvalue weighted by Gasteiger charge is -2.33. The maximum absolute atomic E-state index is 13.2. The number of anilines is 1. The molecule has 2 aromatic rings. The molecule has 3 rings (SSSR count). The molecule has 6 nitrogen and oxygen atoms in total. The molecule has 0 bridgehead atoms. The molecule has 1 saturated heterocycles. The number of hydrogen-bond donors (Lipinski definition) is 2. The first-order valence-corrected chi connectivity index (χ1v) is 10.7. The molecule has 31 heavy (non-hydrogen) atoms. The fourth-order valence-electron chi connectivity index (χ4n) is 4.38. The Labute approximate surface area is 182 Å². The van der Waals surface area contributed by atoms with Gasteiger partial charge in [0.2, 0.25) is 5.91 Å². The van der Waals surface area contributed by atoms with Crippen molar-refractivity contribution in [1.82, 2.24) is 9.88 Å². The fraction of sp³-hybridized carbons (Fsp3) is 0.458. The summed E-state index contributed by atoms with van der Waals surface area (Å²) in [5.74, 6) is -0.342. The average molecular weight is 428 g/mol. The second-order valence-electron chi connectivity index (χ2n) is 8.49. The molecule has 7 heteroatoms. The van der Waals surface area contributed by atoms with E-state index in [9.17, 15) is 18.8 Å². The zero-order valence-electron chi connectivity index (χ0n) is 18.6. The Morgan fingerprint density at radius 1 is 1.23 bits per heavy atom. The van der Waals surface area contributed by atoms with E-state index in [2.05, 4.69) is 10.3 Å². The normalized spacial score (nSPS) is 16.3. The summed E-state index contributed by atoms with van der Waals surface area (Å²) >= 11 is 0. The largest absolute Gasteiger partial charge is 0.355 e. The summed E-state index contributed by atoms with van der Waals surface area (Å²) in [4.78, 5) is 42.2. The van der Waals surface area contributed by atoms with E-state index in [-0.39, 0.29) is 29.3 Å². The zero-order valence-corrected chi connectivity index (χ0v) is 18.6. The SMILES string of the molecule is CC(=O)c1[nH]c(C)c(C(=O)N2CCCC(CCC(=O)Nc3ccc(F)cc3C)C2)c1C. The van der Waals surface area contributed by atoms with Gasteiger partial charge >= 0.3 is 0 Å². The fourth-order valence-corrected chi connectivity index (χ4v) is 4.38. The summed E-state index contributed by atoms with van der Waals surface area (Å²) in [6, 6.07) is 4.29. The number of piperidine rings is 1. The Kier molecular flexibility index (Phi) is 6.93. The predicted octanol–water partition coefficient (Wildman–Crippen LogP) is 4.55. The second kappa shape index (κ2) is 9.45. The van der Waals surface area contributed by atoms with Crippen LogP contribution in [0.1, 0.15) is 70.3 Å².